The SMILES string of the molecule is CCCCSCC[C@H](N)C(=O)O.N=[SH-]=O. The van der Waals surface area contributed by atoms with E-state index in [1.165, 1.54) is 12.8 Å². The third kappa shape index (κ3) is 16.4. The van der Waals surface area contributed by atoms with Crippen molar-refractivity contribution in [3.05, 3.63) is 0 Å². The van der Waals surface area contributed by atoms with Gasteiger partial charge in [0.2, 0.25) is 0 Å². The standard InChI is InChI=1S/C8H17NO2S.H2NOS/c1-2-3-5-12-6-4-7(9)8(10)11;1-3-2/h7H,2-6,9H2,1H3,(H,10,11);1,3H/q;-1/t7-;/m0./s1. The predicted octanol–water partition coefficient (Wildman–Crippen LogP) is 1.23. The van der Waals surface area contributed by atoms with Crippen LogP contribution in [-0.4, -0.2) is 28.6 Å². The van der Waals surface area contributed by atoms with Crippen molar-refractivity contribution in [2.24, 2.45) is 5.73 Å². The lowest BCUT2D eigenvalue weighted by molar-refractivity contribution is -0.138. The highest BCUT2D eigenvalue weighted by atomic mass is 32.2. The lowest BCUT2D eigenvalue weighted by Crippen LogP contribution is -2.30. The molecule has 0 fully saturated rings. The fraction of sp³-hybridized carbons (Fsp3) is 0.875. The summed E-state index contributed by atoms with van der Waals surface area (Å²) in [7, 11) is 0. The molecule has 0 aromatic carbocycles. The molecule has 0 unspecified atom stereocenters. The Morgan fingerprint density at radius 3 is 2.53 bits per heavy atom. The monoisotopic (exact) mass is 255 g/mol. The Morgan fingerprint density at radius 1 is 1.60 bits per heavy atom. The van der Waals surface area contributed by atoms with E-state index < -0.39 is 23.5 Å². The van der Waals surface area contributed by atoms with Crippen LogP contribution in [0.25, 0.3) is 0 Å². The third-order valence-corrected chi connectivity index (χ3v) is 2.63. The average Bonchev–Trinajstić information content (AvgIpc) is 2.18. The molecule has 0 aromatic heterocycles. The largest absolute Gasteiger partial charge is 0.480 e. The zero-order chi connectivity index (χ0) is 12.1. The van der Waals surface area contributed by atoms with Gasteiger partial charge in [-0.15, -0.1) is 0 Å². The Bertz CT molecular complexity index is 196. The van der Waals surface area contributed by atoms with Crippen LogP contribution in [0.3, 0.4) is 0 Å². The summed E-state index contributed by atoms with van der Waals surface area (Å²) in [6, 6.07) is -0.681. The number of hydrogen-bond donors (Lipinski definition) is 3. The maximum absolute atomic E-state index is 10.3. The molecule has 0 aliphatic rings. The van der Waals surface area contributed by atoms with E-state index in [2.05, 4.69) is 6.92 Å². The molecule has 1 atom stereocenters. The molecule has 0 spiro atoms. The second kappa shape index (κ2) is 13.7. The Morgan fingerprint density at radius 2 is 2.13 bits per heavy atom. The van der Waals surface area contributed by atoms with Crippen molar-refractivity contribution < 1.29 is 14.1 Å². The number of thioether (sulfide) groups is 1. The summed E-state index contributed by atoms with van der Waals surface area (Å²) in [6.07, 6.45) is 2.97. The van der Waals surface area contributed by atoms with Gasteiger partial charge in [-0.2, -0.15) is 11.8 Å². The maximum Gasteiger partial charge on any atom is 0.320 e. The minimum absolute atomic E-state index is 0.573. The summed E-state index contributed by atoms with van der Waals surface area (Å²) >= 11 is 1.20. The summed E-state index contributed by atoms with van der Waals surface area (Å²) in [5.41, 5.74) is 5.32. The van der Waals surface area contributed by atoms with Crippen LogP contribution in [0.2, 0.25) is 0 Å². The highest BCUT2D eigenvalue weighted by molar-refractivity contribution is 7.99. The number of carbonyl (C=O) groups is 1. The van der Waals surface area contributed by atoms with Gasteiger partial charge in [0.05, 0.1) is 0 Å². The first kappa shape index (κ1) is 17.1. The zero-order valence-electron chi connectivity index (χ0n) is 8.81. The van der Waals surface area contributed by atoms with Gasteiger partial charge in [-0.3, -0.25) is 4.79 Å². The van der Waals surface area contributed by atoms with Gasteiger partial charge in [0.15, 0.2) is 0 Å². The van der Waals surface area contributed by atoms with Gasteiger partial charge in [-0.25, -0.2) is 11.5 Å². The van der Waals surface area contributed by atoms with Crippen LogP contribution in [0.1, 0.15) is 26.2 Å². The molecule has 0 radical (unpaired) electrons. The smallest absolute Gasteiger partial charge is 0.320 e. The van der Waals surface area contributed by atoms with Crippen LogP contribution in [0.15, 0.2) is 0 Å². The molecule has 0 bridgehead atoms. The first-order chi connectivity index (χ1) is 7.09. The van der Waals surface area contributed by atoms with Crippen LogP contribution in [-0.2, 0) is 20.5 Å². The molecule has 0 aliphatic carbocycles. The van der Waals surface area contributed by atoms with Crippen LogP contribution < -0.4 is 5.73 Å². The van der Waals surface area contributed by atoms with Crippen LogP contribution in [0, 0.1) is 4.78 Å². The summed E-state index contributed by atoms with van der Waals surface area (Å²) in [6.45, 7) is 2.14. The number of nitrogens with one attached hydrogen (secondary N) is 1. The Labute approximate surface area is 97.9 Å². The molecule has 15 heavy (non-hydrogen) atoms. The van der Waals surface area contributed by atoms with E-state index in [0.717, 1.165) is 11.5 Å². The lowest BCUT2D eigenvalue weighted by Gasteiger charge is -2.04. The van der Waals surface area contributed by atoms with Gasteiger partial charge < -0.3 is 19.8 Å². The first-order valence-electron chi connectivity index (χ1n) is 4.65. The predicted molar refractivity (Wildman–Crippen MR) is 64.6 cm³/mol. The van der Waals surface area contributed by atoms with Crippen molar-refractivity contribution in [3.8, 4) is 0 Å². The molecule has 0 amide bonds. The molecular formula is C8H19N2O3S2-. The number of hydrogen-bond acceptors (Lipinski definition) is 6. The minimum atomic E-state index is -0.897. The van der Waals surface area contributed by atoms with Gasteiger partial charge in [-0.05, 0) is 24.3 Å². The van der Waals surface area contributed by atoms with E-state index in [0.29, 0.717) is 6.42 Å². The Hall–Kier alpha value is -0.270. The highest BCUT2D eigenvalue weighted by Gasteiger charge is 2.09. The topological polar surface area (TPSA) is 104 Å². The number of carboxylic acid groups (broad SMARTS) is 1. The first-order valence-corrected chi connectivity index (χ1v) is 6.62. The summed E-state index contributed by atoms with van der Waals surface area (Å²) in [4.78, 5) is 10.3. The van der Waals surface area contributed by atoms with Gasteiger partial charge in [0, 0.05) is 0 Å². The van der Waals surface area contributed by atoms with Crippen LogP contribution in [0.4, 0.5) is 0 Å². The summed E-state index contributed by atoms with van der Waals surface area (Å²) in [5.74, 6) is 1.07. The number of unbranched alkanes of at least 4 members (excludes halogenated alkanes) is 1. The number of rotatable bonds is 7. The molecule has 5 nitrogen and oxygen atoms in total. The number of aliphatic carboxylic acids is 1. The van der Waals surface area contributed by atoms with E-state index in [9.17, 15) is 4.79 Å². The van der Waals surface area contributed by atoms with E-state index in [-0.39, 0.29) is 0 Å². The van der Waals surface area contributed by atoms with Gasteiger partial charge in [0.25, 0.3) is 0 Å². The molecular weight excluding hydrogens is 236 g/mol. The number of thiol groups is 1. The molecule has 7 heteroatoms. The van der Waals surface area contributed by atoms with Crippen LogP contribution >= 0.6 is 11.8 Å². The second-order valence-corrected chi connectivity index (χ2v) is 4.20. The third-order valence-electron chi connectivity index (χ3n) is 1.53. The number of carboxylic acids is 1. The fourth-order valence-corrected chi connectivity index (χ4v) is 1.80. The highest BCUT2D eigenvalue weighted by Crippen LogP contribution is 2.06. The molecule has 0 saturated carbocycles. The van der Waals surface area contributed by atoms with Gasteiger partial charge in [-0.1, -0.05) is 13.3 Å². The normalized spacial score (nSPS) is 11.3. The van der Waals surface area contributed by atoms with Crippen molar-refractivity contribution in [2.75, 3.05) is 11.5 Å². The molecule has 0 aromatic rings. The van der Waals surface area contributed by atoms with Crippen molar-refractivity contribution in [2.45, 2.75) is 32.2 Å². The molecule has 0 aliphatic heterocycles. The van der Waals surface area contributed by atoms with Gasteiger partial charge in [0.1, 0.15) is 6.04 Å². The van der Waals surface area contributed by atoms with Gasteiger partial charge >= 0.3 is 5.97 Å². The minimum Gasteiger partial charge on any atom is -0.480 e. The lowest BCUT2D eigenvalue weighted by atomic mass is 10.2. The van der Waals surface area contributed by atoms with Crippen molar-refractivity contribution in [1.82, 2.24) is 0 Å². The molecule has 0 saturated heterocycles. The molecule has 0 rings (SSSR count). The van der Waals surface area contributed by atoms with E-state index >= 15 is 0 Å². The quantitative estimate of drug-likeness (QED) is 0.360. The number of nitrogens with two attached hydrogens (primary N) is 1. The maximum atomic E-state index is 10.3. The molecule has 92 valence electrons. The van der Waals surface area contributed by atoms with E-state index in [1.54, 1.807) is 11.8 Å². The summed E-state index contributed by atoms with van der Waals surface area (Å²) < 4.78 is 14.2. The van der Waals surface area contributed by atoms with E-state index in [1.807, 2.05) is 0 Å². The van der Waals surface area contributed by atoms with E-state index in [4.69, 9.17) is 19.8 Å². The fourth-order valence-electron chi connectivity index (χ4n) is 0.682. The van der Waals surface area contributed by atoms with Crippen molar-refractivity contribution in [1.29, 1.82) is 4.78 Å². The Balaban J connectivity index is 0. The van der Waals surface area contributed by atoms with Crippen LogP contribution in [0.5, 0.6) is 0 Å². The second-order valence-electron chi connectivity index (χ2n) is 2.79. The molecule has 0 heterocycles. The van der Waals surface area contributed by atoms with Crippen molar-refractivity contribution in [3.63, 3.8) is 0 Å². The van der Waals surface area contributed by atoms with Crippen molar-refractivity contribution >= 4 is 29.2 Å². The zero-order valence-corrected chi connectivity index (χ0v) is 10.5. The summed E-state index contributed by atoms with van der Waals surface area (Å²) in [5, 5.41) is 8.45. The average molecular weight is 255 g/mol. The Kier molecular flexibility index (Phi) is 15.7. The molecule has 4 N–H and O–H groups in total.